The molecule has 0 atom stereocenters. The van der Waals surface area contributed by atoms with Crippen LogP contribution in [0.15, 0.2) is 24.3 Å². The van der Waals surface area contributed by atoms with Crippen LogP contribution >= 0.6 is 0 Å². The van der Waals surface area contributed by atoms with Gasteiger partial charge in [0, 0.05) is 18.8 Å². The number of nitrogens with zero attached hydrogens (tertiary/aromatic N) is 1. The fraction of sp³-hybridized carbons (Fsp3) is 0.562. The summed E-state index contributed by atoms with van der Waals surface area (Å²) < 4.78 is 0. The SMILES string of the molecule is CC(C)Cc1ccc(NC(=O)N2CCCCC2)cc1. The largest absolute Gasteiger partial charge is 0.325 e. The average Bonchev–Trinajstić information content (AvgIpc) is 2.41. The number of rotatable bonds is 3. The van der Waals surface area contributed by atoms with Crippen LogP contribution in [0.2, 0.25) is 0 Å². The zero-order chi connectivity index (χ0) is 13.7. The topological polar surface area (TPSA) is 32.3 Å². The summed E-state index contributed by atoms with van der Waals surface area (Å²) >= 11 is 0. The number of hydrogen-bond donors (Lipinski definition) is 1. The Kier molecular flexibility index (Phi) is 4.83. The summed E-state index contributed by atoms with van der Waals surface area (Å²) in [6.45, 7) is 6.20. The van der Waals surface area contributed by atoms with Gasteiger partial charge in [0.1, 0.15) is 0 Å². The van der Waals surface area contributed by atoms with E-state index in [-0.39, 0.29) is 6.03 Å². The summed E-state index contributed by atoms with van der Waals surface area (Å²) in [6, 6.07) is 8.24. The van der Waals surface area contributed by atoms with Crippen molar-refractivity contribution < 1.29 is 4.79 Å². The van der Waals surface area contributed by atoms with Crippen molar-refractivity contribution in [3.05, 3.63) is 29.8 Å². The minimum Gasteiger partial charge on any atom is -0.325 e. The number of carbonyl (C=O) groups excluding carboxylic acids is 1. The van der Waals surface area contributed by atoms with Crippen LogP contribution in [0.4, 0.5) is 10.5 Å². The molecule has 1 aliphatic rings. The maximum absolute atomic E-state index is 12.0. The molecule has 0 bridgehead atoms. The standard InChI is InChI=1S/C16H24N2O/c1-13(2)12-14-6-8-15(9-7-14)17-16(19)18-10-4-3-5-11-18/h6-9,13H,3-5,10-12H2,1-2H3,(H,17,19). The summed E-state index contributed by atoms with van der Waals surface area (Å²) in [7, 11) is 0. The van der Waals surface area contributed by atoms with Crippen LogP contribution < -0.4 is 5.32 Å². The van der Waals surface area contributed by atoms with Crippen molar-refractivity contribution in [2.45, 2.75) is 39.5 Å². The van der Waals surface area contributed by atoms with Crippen molar-refractivity contribution in [1.82, 2.24) is 4.90 Å². The van der Waals surface area contributed by atoms with Crippen molar-refractivity contribution in [1.29, 1.82) is 0 Å². The van der Waals surface area contributed by atoms with Gasteiger partial charge in [-0.05, 0) is 49.3 Å². The van der Waals surface area contributed by atoms with E-state index in [1.807, 2.05) is 17.0 Å². The first-order chi connectivity index (χ1) is 9.15. The second-order valence-corrected chi connectivity index (χ2v) is 5.77. The molecular weight excluding hydrogens is 236 g/mol. The second-order valence-electron chi connectivity index (χ2n) is 5.77. The van der Waals surface area contributed by atoms with E-state index in [1.165, 1.54) is 12.0 Å². The van der Waals surface area contributed by atoms with Crippen LogP contribution in [0.5, 0.6) is 0 Å². The Balaban J connectivity index is 1.89. The van der Waals surface area contributed by atoms with Crippen molar-refractivity contribution in [3.8, 4) is 0 Å². The minimum atomic E-state index is 0.0382. The molecule has 1 fully saturated rings. The Morgan fingerprint density at radius 2 is 1.79 bits per heavy atom. The lowest BCUT2D eigenvalue weighted by Crippen LogP contribution is -2.38. The van der Waals surface area contributed by atoms with Crippen molar-refractivity contribution >= 4 is 11.7 Å². The molecule has 1 N–H and O–H groups in total. The summed E-state index contributed by atoms with van der Waals surface area (Å²) in [5.41, 5.74) is 2.22. The van der Waals surface area contributed by atoms with Gasteiger partial charge in [0.25, 0.3) is 0 Å². The molecule has 0 spiro atoms. The number of benzene rings is 1. The van der Waals surface area contributed by atoms with Crippen LogP contribution in [0.25, 0.3) is 0 Å². The highest BCUT2D eigenvalue weighted by Gasteiger charge is 2.16. The van der Waals surface area contributed by atoms with Crippen LogP contribution in [0.3, 0.4) is 0 Å². The molecule has 1 saturated heterocycles. The molecular formula is C16H24N2O. The first-order valence-electron chi connectivity index (χ1n) is 7.30. The molecule has 104 valence electrons. The van der Waals surface area contributed by atoms with Crippen molar-refractivity contribution in [2.75, 3.05) is 18.4 Å². The molecule has 1 aromatic carbocycles. The number of piperidine rings is 1. The molecule has 0 saturated carbocycles. The van der Waals surface area contributed by atoms with Gasteiger partial charge in [0.15, 0.2) is 0 Å². The molecule has 19 heavy (non-hydrogen) atoms. The van der Waals surface area contributed by atoms with Gasteiger partial charge >= 0.3 is 6.03 Å². The van der Waals surface area contributed by atoms with Gasteiger partial charge in [-0.25, -0.2) is 4.79 Å². The monoisotopic (exact) mass is 260 g/mol. The number of hydrogen-bond acceptors (Lipinski definition) is 1. The van der Waals surface area contributed by atoms with Gasteiger partial charge < -0.3 is 10.2 Å². The van der Waals surface area contributed by atoms with E-state index in [0.29, 0.717) is 5.92 Å². The van der Waals surface area contributed by atoms with E-state index in [2.05, 4.69) is 31.3 Å². The van der Waals surface area contributed by atoms with E-state index >= 15 is 0 Å². The van der Waals surface area contributed by atoms with Gasteiger partial charge in [-0.15, -0.1) is 0 Å². The summed E-state index contributed by atoms with van der Waals surface area (Å²) in [5, 5.41) is 2.98. The lowest BCUT2D eigenvalue weighted by Gasteiger charge is -2.26. The van der Waals surface area contributed by atoms with E-state index in [1.54, 1.807) is 0 Å². The Labute approximate surface area is 116 Å². The average molecular weight is 260 g/mol. The quantitative estimate of drug-likeness (QED) is 0.878. The minimum absolute atomic E-state index is 0.0382. The zero-order valence-corrected chi connectivity index (χ0v) is 12.0. The highest BCUT2D eigenvalue weighted by molar-refractivity contribution is 5.89. The highest BCUT2D eigenvalue weighted by Crippen LogP contribution is 2.15. The van der Waals surface area contributed by atoms with E-state index < -0.39 is 0 Å². The van der Waals surface area contributed by atoms with Crippen LogP contribution in [-0.2, 0) is 6.42 Å². The molecule has 0 aliphatic carbocycles. The molecule has 3 heteroatoms. The first kappa shape index (κ1) is 13.9. The third kappa shape index (κ3) is 4.27. The second kappa shape index (κ2) is 6.60. The predicted molar refractivity (Wildman–Crippen MR) is 79.4 cm³/mol. The maximum Gasteiger partial charge on any atom is 0.321 e. The molecule has 1 aliphatic heterocycles. The third-order valence-corrected chi connectivity index (χ3v) is 3.49. The van der Waals surface area contributed by atoms with E-state index in [4.69, 9.17) is 0 Å². The maximum atomic E-state index is 12.0. The number of carbonyl (C=O) groups is 1. The number of amides is 2. The summed E-state index contributed by atoms with van der Waals surface area (Å²) in [5.74, 6) is 0.661. The molecule has 2 rings (SSSR count). The number of likely N-dealkylation sites (tertiary alicyclic amines) is 1. The number of nitrogens with one attached hydrogen (secondary N) is 1. The van der Waals surface area contributed by atoms with Gasteiger partial charge in [-0.1, -0.05) is 26.0 Å². The molecule has 0 unspecified atom stereocenters. The lowest BCUT2D eigenvalue weighted by molar-refractivity contribution is 0.200. The van der Waals surface area contributed by atoms with Crippen LogP contribution in [0.1, 0.15) is 38.7 Å². The van der Waals surface area contributed by atoms with E-state index in [0.717, 1.165) is 38.0 Å². The number of urea groups is 1. The molecule has 1 heterocycles. The molecule has 0 radical (unpaired) electrons. The highest BCUT2D eigenvalue weighted by atomic mass is 16.2. The Bertz CT molecular complexity index is 405. The Hall–Kier alpha value is -1.51. The van der Waals surface area contributed by atoms with Gasteiger partial charge in [0.05, 0.1) is 0 Å². The molecule has 3 nitrogen and oxygen atoms in total. The normalized spacial score (nSPS) is 15.6. The van der Waals surface area contributed by atoms with Crippen molar-refractivity contribution in [2.24, 2.45) is 5.92 Å². The van der Waals surface area contributed by atoms with E-state index in [9.17, 15) is 4.79 Å². The van der Waals surface area contributed by atoms with Gasteiger partial charge in [-0.2, -0.15) is 0 Å². The fourth-order valence-electron chi connectivity index (χ4n) is 2.50. The number of anilines is 1. The van der Waals surface area contributed by atoms with Gasteiger partial charge in [-0.3, -0.25) is 0 Å². The smallest absolute Gasteiger partial charge is 0.321 e. The van der Waals surface area contributed by atoms with Gasteiger partial charge in [0.2, 0.25) is 0 Å². The van der Waals surface area contributed by atoms with Crippen LogP contribution in [-0.4, -0.2) is 24.0 Å². The molecule has 0 aromatic heterocycles. The molecule has 2 amide bonds. The van der Waals surface area contributed by atoms with Crippen LogP contribution in [0, 0.1) is 5.92 Å². The lowest BCUT2D eigenvalue weighted by atomic mass is 10.0. The molecule has 1 aromatic rings. The Morgan fingerprint density at radius 3 is 2.37 bits per heavy atom. The summed E-state index contributed by atoms with van der Waals surface area (Å²) in [4.78, 5) is 14.0. The predicted octanol–water partition coefficient (Wildman–Crippen LogP) is 3.90. The fourth-order valence-corrected chi connectivity index (χ4v) is 2.50. The first-order valence-corrected chi connectivity index (χ1v) is 7.30. The summed E-state index contributed by atoms with van der Waals surface area (Å²) in [6.07, 6.45) is 4.58. The Morgan fingerprint density at radius 1 is 1.16 bits per heavy atom. The zero-order valence-electron chi connectivity index (χ0n) is 12.0. The van der Waals surface area contributed by atoms with Crippen molar-refractivity contribution in [3.63, 3.8) is 0 Å². The third-order valence-electron chi connectivity index (χ3n) is 3.49.